The molecule has 6 nitrogen and oxygen atoms in total. The van der Waals surface area contributed by atoms with Gasteiger partial charge in [-0.2, -0.15) is 0 Å². The minimum atomic E-state index is 0.206. The molecule has 0 amide bonds. The molecule has 2 N–H and O–H groups in total. The van der Waals surface area contributed by atoms with Gasteiger partial charge in [-0.25, -0.2) is 0 Å². The van der Waals surface area contributed by atoms with Crippen molar-refractivity contribution in [1.29, 1.82) is 0 Å². The van der Waals surface area contributed by atoms with Crippen molar-refractivity contribution >= 4 is 5.96 Å². The Hall–Kier alpha value is -2.21. The first-order valence-electron chi connectivity index (χ1n) is 9.69. The van der Waals surface area contributed by atoms with Crippen LogP contribution in [-0.2, 0) is 6.42 Å². The van der Waals surface area contributed by atoms with E-state index in [2.05, 4.69) is 28.5 Å². The van der Waals surface area contributed by atoms with Crippen molar-refractivity contribution in [2.75, 3.05) is 32.7 Å². The summed E-state index contributed by atoms with van der Waals surface area (Å²) in [5.74, 6) is 2.84. The summed E-state index contributed by atoms with van der Waals surface area (Å²) >= 11 is 0. The molecular formula is C20H30N4O2. The van der Waals surface area contributed by atoms with E-state index >= 15 is 0 Å². The molecule has 0 spiro atoms. The maximum Gasteiger partial charge on any atom is 0.191 e. The largest absolute Gasteiger partial charge is 0.469 e. The number of nitrogens with zero attached hydrogens (tertiary/aromatic N) is 2. The van der Waals surface area contributed by atoms with E-state index in [4.69, 9.17) is 13.8 Å². The van der Waals surface area contributed by atoms with Crippen LogP contribution in [0.3, 0.4) is 0 Å². The predicted molar refractivity (Wildman–Crippen MR) is 103 cm³/mol. The van der Waals surface area contributed by atoms with Crippen LogP contribution in [0.4, 0.5) is 0 Å². The SMILES string of the molecule is CCCNC(=NCC(c1ccco1)N1CCCC1)NCCc1ccco1. The van der Waals surface area contributed by atoms with Gasteiger partial charge >= 0.3 is 0 Å². The van der Waals surface area contributed by atoms with Gasteiger partial charge in [0.1, 0.15) is 11.5 Å². The molecule has 0 saturated carbocycles. The second-order valence-corrected chi connectivity index (χ2v) is 6.65. The third kappa shape index (κ3) is 5.39. The van der Waals surface area contributed by atoms with Crippen LogP contribution >= 0.6 is 0 Å². The van der Waals surface area contributed by atoms with E-state index in [9.17, 15) is 0 Å². The molecule has 26 heavy (non-hydrogen) atoms. The number of nitrogens with one attached hydrogen (secondary N) is 2. The van der Waals surface area contributed by atoms with Gasteiger partial charge in [0.05, 0.1) is 25.1 Å². The molecule has 142 valence electrons. The van der Waals surface area contributed by atoms with Gasteiger partial charge in [-0.05, 0) is 56.6 Å². The zero-order valence-electron chi connectivity index (χ0n) is 15.6. The topological polar surface area (TPSA) is 65.9 Å². The third-order valence-electron chi connectivity index (χ3n) is 4.66. The van der Waals surface area contributed by atoms with Crippen molar-refractivity contribution in [1.82, 2.24) is 15.5 Å². The maximum absolute atomic E-state index is 5.69. The van der Waals surface area contributed by atoms with Gasteiger partial charge in [0.15, 0.2) is 5.96 Å². The summed E-state index contributed by atoms with van der Waals surface area (Å²) in [7, 11) is 0. The lowest BCUT2D eigenvalue weighted by molar-refractivity contribution is 0.221. The lowest BCUT2D eigenvalue weighted by atomic mass is 10.2. The smallest absolute Gasteiger partial charge is 0.191 e. The summed E-state index contributed by atoms with van der Waals surface area (Å²) in [5, 5.41) is 6.81. The van der Waals surface area contributed by atoms with E-state index in [0.29, 0.717) is 6.54 Å². The van der Waals surface area contributed by atoms with Crippen LogP contribution in [0.5, 0.6) is 0 Å². The van der Waals surface area contributed by atoms with Crippen molar-refractivity contribution in [2.24, 2.45) is 4.99 Å². The molecule has 3 heterocycles. The summed E-state index contributed by atoms with van der Waals surface area (Å²) in [5.41, 5.74) is 0. The normalized spacial score (nSPS) is 16.7. The lowest BCUT2D eigenvalue weighted by Crippen LogP contribution is -2.39. The monoisotopic (exact) mass is 358 g/mol. The molecule has 0 aromatic carbocycles. The Morgan fingerprint density at radius 3 is 2.58 bits per heavy atom. The number of furan rings is 2. The molecule has 0 bridgehead atoms. The van der Waals surface area contributed by atoms with Crippen LogP contribution in [0.1, 0.15) is 43.7 Å². The van der Waals surface area contributed by atoms with Crippen molar-refractivity contribution in [3.05, 3.63) is 48.3 Å². The first-order chi connectivity index (χ1) is 12.9. The van der Waals surface area contributed by atoms with Gasteiger partial charge in [-0.15, -0.1) is 0 Å². The fourth-order valence-corrected chi connectivity index (χ4v) is 3.27. The zero-order chi connectivity index (χ0) is 18.0. The number of hydrogen-bond acceptors (Lipinski definition) is 4. The summed E-state index contributed by atoms with van der Waals surface area (Å²) in [4.78, 5) is 7.32. The number of likely N-dealkylation sites (tertiary alicyclic amines) is 1. The molecule has 6 heteroatoms. The highest BCUT2D eigenvalue weighted by molar-refractivity contribution is 5.79. The van der Waals surface area contributed by atoms with Crippen LogP contribution in [0.25, 0.3) is 0 Å². The fraction of sp³-hybridized carbons (Fsp3) is 0.550. The zero-order valence-corrected chi connectivity index (χ0v) is 15.6. The molecule has 1 aliphatic rings. The molecular weight excluding hydrogens is 328 g/mol. The predicted octanol–water partition coefficient (Wildman–Crippen LogP) is 3.20. The minimum absolute atomic E-state index is 0.206. The van der Waals surface area contributed by atoms with Crippen LogP contribution < -0.4 is 10.6 Å². The van der Waals surface area contributed by atoms with Crippen molar-refractivity contribution in [3.63, 3.8) is 0 Å². The first kappa shape index (κ1) is 18.6. The van der Waals surface area contributed by atoms with Gasteiger partial charge in [-0.1, -0.05) is 6.92 Å². The highest BCUT2D eigenvalue weighted by Gasteiger charge is 2.25. The summed E-state index contributed by atoms with van der Waals surface area (Å²) in [6.07, 6.45) is 7.87. The van der Waals surface area contributed by atoms with E-state index < -0.39 is 0 Å². The minimum Gasteiger partial charge on any atom is -0.469 e. The Bertz CT molecular complexity index is 631. The van der Waals surface area contributed by atoms with E-state index in [0.717, 1.165) is 56.5 Å². The van der Waals surface area contributed by atoms with Crippen molar-refractivity contribution < 1.29 is 8.83 Å². The molecule has 0 aliphatic carbocycles. The molecule has 1 fully saturated rings. The Kier molecular flexibility index (Phi) is 7.19. The number of guanidine groups is 1. The van der Waals surface area contributed by atoms with Gasteiger partial charge in [-0.3, -0.25) is 9.89 Å². The Morgan fingerprint density at radius 2 is 1.88 bits per heavy atom. The summed E-state index contributed by atoms with van der Waals surface area (Å²) < 4.78 is 11.1. The van der Waals surface area contributed by atoms with Gasteiger partial charge in [0.25, 0.3) is 0 Å². The van der Waals surface area contributed by atoms with E-state index in [-0.39, 0.29) is 6.04 Å². The van der Waals surface area contributed by atoms with Crippen molar-refractivity contribution in [2.45, 2.75) is 38.6 Å². The van der Waals surface area contributed by atoms with Crippen LogP contribution in [-0.4, -0.2) is 43.6 Å². The Morgan fingerprint density at radius 1 is 1.12 bits per heavy atom. The molecule has 2 aromatic rings. The summed E-state index contributed by atoms with van der Waals surface area (Å²) in [6.45, 7) is 6.77. The van der Waals surface area contributed by atoms with Crippen LogP contribution in [0.15, 0.2) is 50.6 Å². The van der Waals surface area contributed by atoms with E-state index in [1.807, 2.05) is 18.2 Å². The molecule has 1 unspecified atom stereocenters. The Labute approximate surface area is 155 Å². The van der Waals surface area contributed by atoms with E-state index in [1.54, 1.807) is 12.5 Å². The van der Waals surface area contributed by atoms with E-state index in [1.165, 1.54) is 12.8 Å². The molecule has 0 radical (unpaired) electrons. The maximum atomic E-state index is 5.69. The quantitative estimate of drug-likeness (QED) is 0.532. The second-order valence-electron chi connectivity index (χ2n) is 6.65. The first-order valence-corrected chi connectivity index (χ1v) is 9.69. The van der Waals surface area contributed by atoms with Gasteiger partial charge in [0, 0.05) is 19.5 Å². The average Bonchev–Trinajstić information content (AvgIpc) is 3.42. The highest BCUT2D eigenvalue weighted by atomic mass is 16.3. The molecule has 1 saturated heterocycles. The van der Waals surface area contributed by atoms with Crippen molar-refractivity contribution in [3.8, 4) is 0 Å². The molecule has 1 atom stereocenters. The molecule has 2 aromatic heterocycles. The lowest BCUT2D eigenvalue weighted by Gasteiger charge is -2.24. The summed E-state index contributed by atoms with van der Waals surface area (Å²) in [6, 6.07) is 8.14. The van der Waals surface area contributed by atoms with Crippen LogP contribution in [0, 0.1) is 0 Å². The number of aliphatic imine (C=N–C) groups is 1. The fourth-order valence-electron chi connectivity index (χ4n) is 3.27. The number of hydrogen-bond donors (Lipinski definition) is 2. The third-order valence-corrected chi connectivity index (χ3v) is 4.66. The average molecular weight is 358 g/mol. The van der Waals surface area contributed by atoms with Crippen LogP contribution in [0.2, 0.25) is 0 Å². The Balaban J connectivity index is 1.60. The van der Waals surface area contributed by atoms with Gasteiger partial charge in [0.2, 0.25) is 0 Å². The highest BCUT2D eigenvalue weighted by Crippen LogP contribution is 2.25. The second kappa shape index (κ2) is 10.1. The number of rotatable bonds is 9. The standard InChI is InChI=1S/C20H30N4O2/c1-2-10-21-20(22-11-9-17-7-5-14-25-17)23-16-18(19-8-6-15-26-19)24-12-3-4-13-24/h5-8,14-15,18H,2-4,9-13,16H2,1H3,(H2,21,22,23). The van der Waals surface area contributed by atoms with Gasteiger partial charge < -0.3 is 19.5 Å². The molecule has 1 aliphatic heterocycles. The molecule has 3 rings (SSSR count).